The number of rotatable bonds is 6. The average molecular weight is 400 g/mol. The molecule has 0 spiro atoms. The van der Waals surface area contributed by atoms with Crippen LogP contribution in [0, 0.1) is 5.82 Å². The maximum absolute atomic E-state index is 13.3. The molecule has 0 aliphatic rings. The van der Waals surface area contributed by atoms with E-state index < -0.39 is 0 Å². The number of likely N-dealkylation sites (N-methyl/N-ethyl adjacent to an activating group) is 1. The summed E-state index contributed by atoms with van der Waals surface area (Å²) in [6.45, 7) is 0.830. The smallest absolute Gasteiger partial charge is 0.254 e. The van der Waals surface area contributed by atoms with Crippen molar-refractivity contribution in [2.24, 2.45) is 0 Å². The molecule has 0 N–H and O–H groups in total. The SMILES string of the molecule is CN(CCOc1ccccc1)C(=O)c1cc(-c2ccc(F)cc2)nc2ccccc12. The maximum atomic E-state index is 13.3. The van der Waals surface area contributed by atoms with Crippen LogP contribution < -0.4 is 4.74 Å². The fourth-order valence-electron chi connectivity index (χ4n) is 3.25. The van der Waals surface area contributed by atoms with Gasteiger partial charge in [-0.15, -0.1) is 0 Å². The number of ether oxygens (including phenoxy) is 1. The second kappa shape index (κ2) is 8.74. The summed E-state index contributed by atoms with van der Waals surface area (Å²) in [5.41, 5.74) is 2.66. The largest absolute Gasteiger partial charge is 0.492 e. The van der Waals surface area contributed by atoms with Crippen LogP contribution in [0.3, 0.4) is 0 Å². The second-order valence-corrected chi connectivity index (χ2v) is 6.97. The van der Waals surface area contributed by atoms with Crippen LogP contribution in [-0.2, 0) is 0 Å². The molecule has 1 heterocycles. The number of carbonyl (C=O) groups excluding carboxylic acids is 1. The van der Waals surface area contributed by atoms with Gasteiger partial charge in [0.25, 0.3) is 5.91 Å². The Balaban J connectivity index is 1.59. The molecular weight excluding hydrogens is 379 g/mol. The van der Waals surface area contributed by atoms with E-state index in [9.17, 15) is 9.18 Å². The van der Waals surface area contributed by atoms with Crippen LogP contribution in [0.5, 0.6) is 5.75 Å². The minimum Gasteiger partial charge on any atom is -0.492 e. The monoisotopic (exact) mass is 400 g/mol. The lowest BCUT2D eigenvalue weighted by Gasteiger charge is -2.19. The van der Waals surface area contributed by atoms with Crippen molar-refractivity contribution in [3.63, 3.8) is 0 Å². The minimum atomic E-state index is -0.311. The standard InChI is InChI=1S/C25H21FN2O2/c1-28(15-16-30-20-7-3-2-4-8-20)25(29)22-17-24(18-11-13-19(26)14-12-18)27-23-10-6-5-9-21(22)23/h2-14,17H,15-16H2,1H3. The van der Waals surface area contributed by atoms with Gasteiger partial charge in [0.15, 0.2) is 0 Å². The summed E-state index contributed by atoms with van der Waals surface area (Å²) in [5.74, 6) is 0.342. The van der Waals surface area contributed by atoms with Crippen molar-refractivity contribution in [3.05, 3.63) is 96.3 Å². The molecule has 1 amide bonds. The van der Waals surface area contributed by atoms with Crippen molar-refractivity contribution in [1.29, 1.82) is 0 Å². The number of hydrogen-bond donors (Lipinski definition) is 0. The van der Waals surface area contributed by atoms with Gasteiger partial charge in [-0.25, -0.2) is 9.37 Å². The van der Waals surface area contributed by atoms with Gasteiger partial charge in [-0.05, 0) is 48.5 Å². The predicted molar refractivity (Wildman–Crippen MR) is 116 cm³/mol. The highest BCUT2D eigenvalue weighted by Crippen LogP contribution is 2.26. The predicted octanol–water partition coefficient (Wildman–Crippen LogP) is 5.19. The fraction of sp³-hybridized carbons (Fsp3) is 0.120. The first-order valence-electron chi connectivity index (χ1n) is 9.71. The summed E-state index contributed by atoms with van der Waals surface area (Å²) in [6, 6.07) is 24.9. The van der Waals surface area contributed by atoms with E-state index in [0.29, 0.717) is 24.4 Å². The number of benzene rings is 3. The summed E-state index contributed by atoms with van der Waals surface area (Å²) in [4.78, 5) is 19.5. The second-order valence-electron chi connectivity index (χ2n) is 6.97. The van der Waals surface area contributed by atoms with Crippen molar-refractivity contribution in [1.82, 2.24) is 9.88 Å². The molecule has 0 saturated heterocycles. The molecule has 0 fully saturated rings. The average Bonchev–Trinajstić information content (AvgIpc) is 2.79. The van der Waals surface area contributed by atoms with E-state index in [1.807, 2.05) is 54.6 Å². The van der Waals surface area contributed by atoms with E-state index in [4.69, 9.17) is 4.74 Å². The number of fused-ring (bicyclic) bond motifs is 1. The number of pyridine rings is 1. The van der Waals surface area contributed by atoms with Gasteiger partial charge in [-0.1, -0.05) is 36.4 Å². The molecule has 3 aromatic carbocycles. The third kappa shape index (κ3) is 4.30. The molecule has 5 heteroatoms. The van der Waals surface area contributed by atoms with Crippen molar-refractivity contribution in [2.45, 2.75) is 0 Å². The molecule has 0 bridgehead atoms. The molecule has 0 atom stereocenters. The molecule has 1 aromatic heterocycles. The molecule has 0 unspecified atom stereocenters. The third-order valence-corrected chi connectivity index (χ3v) is 4.87. The van der Waals surface area contributed by atoms with E-state index in [-0.39, 0.29) is 11.7 Å². The lowest BCUT2D eigenvalue weighted by Crippen LogP contribution is -2.31. The molecule has 0 aliphatic carbocycles. The number of para-hydroxylation sites is 2. The van der Waals surface area contributed by atoms with Gasteiger partial charge < -0.3 is 9.64 Å². The van der Waals surface area contributed by atoms with E-state index in [1.54, 1.807) is 30.1 Å². The van der Waals surface area contributed by atoms with Crippen LogP contribution in [0.25, 0.3) is 22.2 Å². The van der Waals surface area contributed by atoms with Gasteiger partial charge in [0, 0.05) is 18.0 Å². The zero-order valence-electron chi connectivity index (χ0n) is 16.6. The van der Waals surface area contributed by atoms with Crippen LogP contribution in [0.4, 0.5) is 4.39 Å². The highest BCUT2D eigenvalue weighted by molar-refractivity contribution is 6.07. The van der Waals surface area contributed by atoms with Crippen molar-refractivity contribution >= 4 is 16.8 Å². The molecular formula is C25H21FN2O2. The number of carbonyl (C=O) groups is 1. The summed E-state index contributed by atoms with van der Waals surface area (Å²) in [6.07, 6.45) is 0. The van der Waals surface area contributed by atoms with Gasteiger partial charge in [-0.2, -0.15) is 0 Å². The Morgan fingerprint density at radius 2 is 1.67 bits per heavy atom. The Morgan fingerprint density at radius 1 is 0.967 bits per heavy atom. The quantitative estimate of drug-likeness (QED) is 0.447. The molecule has 0 saturated carbocycles. The first kappa shape index (κ1) is 19.6. The third-order valence-electron chi connectivity index (χ3n) is 4.87. The molecule has 0 radical (unpaired) electrons. The first-order valence-corrected chi connectivity index (χ1v) is 9.71. The zero-order valence-corrected chi connectivity index (χ0v) is 16.6. The lowest BCUT2D eigenvalue weighted by atomic mass is 10.0. The lowest BCUT2D eigenvalue weighted by molar-refractivity contribution is 0.0775. The van der Waals surface area contributed by atoms with E-state index in [1.165, 1.54) is 12.1 Å². The number of halogens is 1. The molecule has 4 nitrogen and oxygen atoms in total. The normalized spacial score (nSPS) is 10.7. The van der Waals surface area contributed by atoms with Gasteiger partial charge in [0.1, 0.15) is 18.2 Å². The van der Waals surface area contributed by atoms with Crippen LogP contribution >= 0.6 is 0 Å². The van der Waals surface area contributed by atoms with E-state index in [0.717, 1.165) is 22.2 Å². The Labute approximate surface area is 174 Å². The summed E-state index contributed by atoms with van der Waals surface area (Å²) in [5, 5.41) is 0.782. The number of aromatic nitrogens is 1. The van der Waals surface area contributed by atoms with Gasteiger partial charge in [-0.3, -0.25) is 4.79 Å². The van der Waals surface area contributed by atoms with Gasteiger partial charge in [0.2, 0.25) is 0 Å². The summed E-state index contributed by atoms with van der Waals surface area (Å²) in [7, 11) is 1.75. The van der Waals surface area contributed by atoms with Crippen molar-refractivity contribution < 1.29 is 13.9 Å². The Kier molecular flexibility index (Phi) is 5.70. The first-order chi connectivity index (χ1) is 14.6. The van der Waals surface area contributed by atoms with Gasteiger partial charge in [0.05, 0.1) is 23.3 Å². The number of nitrogens with zero attached hydrogens (tertiary/aromatic N) is 2. The topological polar surface area (TPSA) is 42.4 Å². The maximum Gasteiger partial charge on any atom is 0.254 e. The Hall–Kier alpha value is -3.73. The zero-order chi connectivity index (χ0) is 20.9. The molecule has 150 valence electrons. The molecule has 0 aliphatic heterocycles. The minimum absolute atomic E-state index is 0.117. The number of amides is 1. The van der Waals surface area contributed by atoms with Crippen molar-refractivity contribution in [2.75, 3.05) is 20.2 Å². The van der Waals surface area contributed by atoms with Crippen molar-refractivity contribution in [3.8, 4) is 17.0 Å². The molecule has 4 aromatic rings. The Morgan fingerprint density at radius 3 is 2.43 bits per heavy atom. The van der Waals surface area contributed by atoms with E-state index >= 15 is 0 Å². The van der Waals surface area contributed by atoms with E-state index in [2.05, 4.69) is 4.98 Å². The Bertz CT molecular complexity index is 1160. The molecule has 4 rings (SSSR count). The highest BCUT2D eigenvalue weighted by atomic mass is 19.1. The van der Waals surface area contributed by atoms with Crippen LogP contribution in [0.1, 0.15) is 10.4 Å². The summed E-state index contributed by atoms with van der Waals surface area (Å²) >= 11 is 0. The summed E-state index contributed by atoms with van der Waals surface area (Å²) < 4.78 is 19.0. The number of hydrogen-bond acceptors (Lipinski definition) is 3. The van der Waals surface area contributed by atoms with Crippen LogP contribution in [0.15, 0.2) is 84.9 Å². The highest BCUT2D eigenvalue weighted by Gasteiger charge is 2.17. The molecule has 30 heavy (non-hydrogen) atoms. The van der Waals surface area contributed by atoms with Gasteiger partial charge >= 0.3 is 0 Å². The fourth-order valence-corrected chi connectivity index (χ4v) is 3.25. The van der Waals surface area contributed by atoms with Crippen LogP contribution in [0.2, 0.25) is 0 Å². The van der Waals surface area contributed by atoms with Crippen LogP contribution in [-0.4, -0.2) is 36.0 Å².